The first kappa shape index (κ1) is 18.1. The minimum atomic E-state index is -1.28. The van der Waals surface area contributed by atoms with Gasteiger partial charge in [-0.15, -0.1) is 0 Å². The zero-order chi connectivity index (χ0) is 19.7. The van der Waals surface area contributed by atoms with Crippen LogP contribution in [0.3, 0.4) is 0 Å². The van der Waals surface area contributed by atoms with E-state index in [0.717, 1.165) is 42.4 Å². The maximum absolute atomic E-state index is 13.4. The average molecular weight is 380 g/mol. The van der Waals surface area contributed by atoms with Crippen LogP contribution in [0.4, 0.5) is 0 Å². The molecule has 2 N–H and O–H groups in total. The van der Waals surface area contributed by atoms with Crippen molar-refractivity contribution >= 4 is 11.6 Å². The number of Topliss-reactive ketones (excluding diaryl/α,β-unsaturated/α-hetero) is 2. The van der Waals surface area contributed by atoms with Crippen LogP contribution < -0.4 is 0 Å². The summed E-state index contributed by atoms with van der Waals surface area (Å²) in [5, 5.41) is 21.1. The van der Waals surface area contributed by atoms with E-state index in [9.17, 15) is 19.8 Å². The van der Waals surface area contributed by atoms with Crippen molar-refractivity contribution in [1.29, 1.82) is 0 Å². The fourth-order valence-electron chi connectivity index (χ4n) is 6.89. The number of benzene rings is 1. The highest BCUT2D eigenvalue weighted by Gasteiger charge is 2.58. The normalized spacial score (nSPS) is 40.1. The van der Waals surface area contributed by atoms with Gasteiger partial charge in [-0.05, 0) is 65.9 Å². The predicted molar refractivity (Wildman–Crippen MR) is 105 cm³/mol. The molecule has 4 aliphatic rings. The minimum absolute atomic E-state index is 0.0563. The number of aromatic hydroxyl groups is 1. The van der Waals surface area contributed by atoms with E-state index in [1.54, 1.807) is 12.1 Å². The van der Waals surface area contributed by atoms with Crippen LogP contribution in [0.25, 0.3) is 0 Å². The number of fused-ring (bicyclic) bond motifs is 4. The third kappa shape index (κ3) is 2.53. The second-order valence-electron chi connectivity index (χ2n) is 9.80. The Hall–Kier alpha value is -1.94. The van der Waals surface area contributed by atoms with Crippen LogP contribution >= 0.6 is 0 Å². The Morgan fingerprint density at radius 2 is 1.82 bits per heavy atom. The number of allylic oxidation sites excluding steroid dienone is 1. The van der Waals surface area contributed by atoms with Gasteiger partial charge in [-0.3, -0.25) is 9.59 Å². The molecule has 4 heteroatoms. The van der Waals surface area contributed by atoms with E-state index < -0.39 is 5.60 Å². The maximum Gasteiger partial charge on any atom is 0.143 e. The fraction of sp³-hybridized carbons (Fsp3) is 0.583. The summed E-state index contributed by atoms with van der Waals surface area (Å²) in [6.45, 7) is 2.33. The summed E-state index contributed by atoms with van der Waals surface area (Å²) in [4.78, 5) is 25.5. The fourth-order valence-corrected chi connectivity index (χ4v) is 6.89. The number of phenolic OH excluding ortho intramolecular Hbond substituents is 1. The van der Waals surface area contributed by atoms with E-state index >= 15 is 0 Å². The quantitative estimate of drug-likeness (QED) is 0.721. The molecule has 0 radical (unpaired) electrons. The van der Waals surface area contributed by atoms with E-state index in [1.807, 2.05) is 12.1 Å². The first-order valence-corrected chi connectivity index (χ1v) is 10.6. The van der Waals surface area contributed by atoms with Gasteiger partial charge in [0, 0.05) is 31.1 Å². The molecule has 0 amide bonds. The molecule has 28 heavy (non-hydrogen) atoms. The Morgan fingerprint density at radius 3 is 2.57 bits per heavy atom. The highest BCUT2D eigenvalue weighted by Crippen LogP contribution is 2.63. The van der Waals surface area contributed by atoms with Gasteiger partial charge in [0.15, 0.2) is 0 Å². The summed E-state index contributed by atoms with van der Waals surface area (Å²) in [7, 11) is 0. The molecule has 5 rings (SSSR count). The lowest BCUT2D eigenvalue weighted by Gasteiger charge is -2.53. The summed E-state index contributed by atoms with van der Waals surface area (Å²) in [5.41, 5.74) is 2.04. The van der Waals surface area contributed by atoms with Crippen molar-refractivity contribution in [2.45, 2.75) is 69.8 Å². The number of carbonyl (C=O) groups excluding carboxylic acids is 2. The van der Waals surface area contributed by atoms with Crippen LogP contribution in [0.5, 0.6) is 5.75 Å². The van der Waals surface area contributed by atoms with Gasteiger partial charge < -0.3 is 10.2 Å². The Labute approximate surface area is 165 Å². The molecule has 5 atom stereocenters. The highest BCUT2D eigenvalue weighted by atomic mass is 16.3. The van der Waals surface area contributed by atoms with Gasteiger partial charge in [0.1, 0.15) is 17.3 Å². The number of hydrogen-bond acceptors (Lipinski definition) is 4. The topological polar surface area (TPSA) is 74.6 Å². The number of phenols is 1. The molecule has 1 aromatic rings. The van der Waals surface area contributed by atoms with E-state index in [2.05, 4.69) is 6.92 Å². The van der Waals surface area contributed by atoms with Gasteiger partial charge in [0.25, 0.3) is 0 Å². The Bertz CT molecular complexity index is 882. The Balaban J connectivity index is 1.71. The van der Waals surface area contributed by atoms with Crippen molar-refractivity contribution in [3.8, 4) is 5.75 Å². The van der Waals surface area contributed by atoms with Crippen molar-refractivity contribution in [2.75, 3.05) is 0 Å². The van der Waals surface area contributed by atoms with Gasteiger partial charge in [-0.25, -0.2) is 0 Å². The zero-order valence-corrected chi connectivity index (χ0v) is 16.4. The molecule has 4 aliphatic carbocycles. The smallest absolute Gasteiger partial charge is 0.143 e. The highest BCUT2D eigenvalue weighted by molar-refractivity contribution is 5.92. The van der Waals surface area contributed by atoms with Crippen LogP contribution in [-0.2, 0) is 9.59 Å². The van der Waals surface area contributed by atoms with E-state index in [4.69, 9.17) is 0 Å². The molecule has 148 valence electrons. The molecule has 3 fully saturated rings. The lowest BCUT2D eigenvalue weighted by atomic mass is 9.51. The van der Waals surface area contributed by atoms with Gasteiger partial charge in [0.2, 0.25) is 0 Å². The van der Waals surface area contributed by atoms with Gasteiger partial charge in [0.05, 0.1) is 5.60 Å². The lowest BCUT2D eigenvalue weighted by Crippen LogP contribution is -2.52. The molecule has 1 aromatic carbocycles. The van der Waals surface area contributed by atoms with Crippen LogP contribution in [0, 0.1) is 17.3 Å². The SMILES string of the molecule is C[C@@]12CCC[C@H]1[C@@H]1C(=O)C[C@@]3(O)CC(=O)CCC3=C1[C@@H](c1ccc(O)cc1)C2. The third-order valence-corrected chi connectivity index (χ3v) is 8.10. The second kappa shape index (κ2) is 6.03. The van der Waals surface area contributed by atoms with Crippen molar-refractivity contribution in [2.24, 2.45) is 17.3 Å². The second-order valence-corrected chi connectivity index (χ2v) is 9.80. The van der Waals surface area contributed by atoms with Crippen molar-refractivity contribution < 1.29 is 19.8 Å². The molecule has 0 heterocycles. The molecule has 0 spiro atoms. The first-order valence-electron chi connectivity index (χ1n) is 10.6. The molecule has 0 unspecified atom stereocenters. The molecular formula is C24H28O4. The van der Waals surface area contributed by atoms with Crippen molar-refractivity contribution in [3.05, 3.63) is 41.0 Å². The van der Waals surface area contributed by atoms with E-state index in [0.29, 0.717) is 18.8 Å². The van der Waals surface area contributed by atoms with Crippen LogP contribution in [0.1, 0.15) is 69.8 Å². The summed E-state index contributed by atoms with van der Waals surface area (Å²) < 4.78 is 0. The maximum atomic E-state index is 13.4. The molecule has 3 saturated carbocycles. The number of ketones is 2. The van der Waals surface area contributed by atoms with Gasteiger partial charge in [-0.2, -0.15) is 0 Å². The van der Waals surface area contributed by atoms with Crippen LogP contribution in [0.2, 0.25) is 0 Å². The standard InChI is InChI=1S/C24H28O4/c1-23-10-2-3-18(23)22-20(27)13-24(28)11-16(26)8-9-19(24)21(22)17(12-23)14-4-6-15(25)7-5-14/h4-7,17-18,22,25,28H,2-3,8-13H2,1H3/t17-,18+,22-,23+,24+/m1/s1. The molecule has 0 aliphatic heterocycles. The average Bonchev–Trinajstić information content (AvgIpc) is 3.01. The van der Waals surface area contributed by atoms with Crippen molar-refractivity contribution in [3.63, 3.8) is 0 Å². The number of carbonyl (C=O) groups is 2. The molecular weight excluding hydrogens is 352 g/mol. The Morgan fingerprint density at radius 1 is 1.07 bits per heavy atom. The molecule has 0 aromatic heterocycles. The summed E-state index contributed by atoms with van der Waals surface area (Å²) >= 11 is 0. The predicted octanol–water partition coefficient (Wildman–Crippen LogP) is 4.06. The summed E-state index contributed by atoms with van der Waals surface area (Å²) in [5.74, 6) is 0.710. The number of hydrogen-bond donors (Lipinski definition) is 2. The van der Waals surface area contributed by atoms with Crippen LogP contribution in [0.15, 0.2) is 35.4 Å². The zero-order valence-electron chi connectivity index (χ0n) is 16.4. The monoisotopic (exact) mass is 380 g/mol. The largest absolute Gasteiger partial charge is 0.508 e. The Kier molecular flexibility index (Phi) is 3.90. The van der Waals surface area contributed by atoms with E-state index in [1.165, 1.54) is 0 Å². The first-order chi connectivity index (χ1) is 13.3. The third-order valence-electron chi connectivity index (χ3n) is 8.10. The molecule has 0 saturated heterocycles. The van der Waals surface area contributed by atoms with E-state index in [-0.39, 0.29) is 47.4 Å². The lowest BCUT2D eigenvalue weighted by molar-refractivity contribution is -0.135. The van der Waals surface area contributed by atoms with Crippen LogP contribution in [-0.4, -0.2) is 27.4 Å². The molecule has 4 nitrogen and oxygen atoms in total. The number of aliphatic hydroxyl groups is 1. The summed E-state index contributed by atoms with van der Waals surface area (Å²) in [6, 6.07) is 7.32. The minimum Gasteiger partial charge on any atom is -0.508 e. The number of rotatable bonds is 1. The van der Waals surface area contributed by atoms with Crippen molar-refractivity contribution in [1.82, 2.24) is 0 Å². The van der Waals surface area contributed by atoms with Gasteiger partial charge in [-0.1, -0.05) is 25.5 Å². The van der Waals surface area contributed by atoms with Gasteiger partial charge >= 0.3 is 0 Å². The molecule has 0 bridgehead atoms. The summed E-state index contributed by atoms with van der Waals surface area (Å²) in [6.07, 6.45) is 5.54.